The Morgan fingerprint density at radius 3 is 2.55 bits per heavy atom. The average Bonchev–Trinajstić information content (AvgIpc) is 2.97. The molecule has 20 heavy (non-hydrogen) atoms. The molecule has 0 aromatic heterocycles. The monoisotopic (exact) mass is 317 g/mol. The van der Waals surface area contributed by atoms with Crippen molar-refractivity contribution in [1.29, 1.82) is 0 Å². The molecule has 2 N–H and O–H groups in total. The third-order valence-corrected chi connectivity index (χ3v) is 5.90. The highest BCUT2D eigenvalue weighted by atomic mass is 35.5. The Morgan fingerprint density at radius 1 is 1.45 bits per heavy atom. The first kappa shape index (κ1) is 15.8. The predicted molar refractivity (Wildman–Crippen MR) is 79.2 cm³/mol. The van der Waals surface area contributed by atoms with E-state index in [4.69, 9.17) is 11.6 Å². The Balaban J connectivity index is 2.23. The summed E-state index contributed by atoms with van der Waals surface area (Å²) in [5.41, 5.74) is 1.30. The average molecular weight is 318 g/mol. The largest absolute Gasteiger partial charge is 0.392 e. The summed E-state index contributed by atoms with van der Waals surface area (Å²) in [6.45, 7) is 6.14. The summed E-state index contributed by atoms with van der Waals surface area (Å²) >= 11 is 5.92. The lowest BCUT2D eigenvalue weighted by Gasteiger charge is -2.13. The van der Waals surface area contributed by atoms with Gasteiger partial charge >= 0.3 is 0 Å². The van der Waals surface area contributed by atoms with Crippen molar-refractivity contribution < 1.29 is 13.5 Å². The van der Waals surface area contributed by atoms with Crippen molar-refractivity contribution in [3.8, 4) is 0 Å². The molecule has 1 fully saturated rings. The van der Waals surface area contributed by atoms with Gasteiger partial charge in [-0.1, -0.05) is 25.4 Å². The molecule has 1 aromatic carbocycles. The molecule has 1 aromatic rings. The Labute approximate surface area is 125 Å². The molecular formula is C14H20ClNO3S. The maximum Gasteiger partial charge on any atom is 0.240 e. The zero-order valence-corrected chi connectivity index (χ0v) is 13.5. The van der Waals surface area contributed by atoms with E-state index in [2.05, 4.69) is 18.6 Å². The van der Waals surface area contributed by atoms with Crippen LogP contribution in [0.2, 0.25) is 5.02 Å². The predicted octanol–water partition coefficient (Wildman–Crippen LogP) is 2.47. The molecule has 2 rings (SSSR count). The summed E-state index contributed by atoms with van der Waals surface area (Å²) in [7, 11) is -3.60. The molecule has 1 atom stereocenters. The van der Waals surface area contributed by atoms with Crippen molar-refractivity contribution >= 4 is 21.6 Å². The van der Waals surface area contributed by atoms with Crippen LogP contribution in [0.25, 0.3) is 0 Å². The number of benzene rings is 1. The number of rotatable bonds is 5. The minimum Gasteiger partial charge on any atom is -0.392 e. The number of aliphatic hydroxyl groups is 1. The second-order valence-corrected chi connectivity index (χ2v) is 8.26. The maximum atomic E-state index is 12.4. The molecule has 112 valence electrons. The second-order valence-electron chi connectivity index (χ2n) is 6.09. The van der Waals surface area contributed by atoms with E-state index >= 15 is 0 Å². The lowest BCUT2D eigenvalue weighted by atomic mass is 10.1. The van der Waals surface area contributed by atoms with Crippen molar-refractivity contribution in [2.45, 2.75) is 38.7 Å². The topological polar surface area (TPSA) is 66.4 Å². The molecule has 0 spiro atoms. The first-order chi connectivity index (χ1) is 9.17. The van der Waals surface area contributed by atoms with E-state index in [0.29, 0.717) is 28.6 Å². The summed E-state index contributed by atoms with van der Waals surface area (Å²) in [6.07, 6.45) is 1.03. The summed E-state index contributed by atoms with van der Waals surface area (Å²) in [5.74, 6) is 0.383. The van der Waals surface area contributed by atoms with Gasteiger partial charge in [0.2, 0.25) is 10.0 Å². The first-order valence-corrected chi connectivity index (χ1v) is 8.43. The second kappa shape index (κ2) is 5.30. The van der Waals surface area contributed by atoms with Crippen LogP contribution >= 0.6 is 11.6 Å². The molecule has 1 unspecified atom stereocenters. The van der Waals surface area contributed by atoms with Crippen LogP contribution in [0.5, 0.6) is 0 Å². The molecule has 0 saturated heterocycles. The van der Waals surface area contributed by atoms with E-state index in [1.54, 1.807) is 13.0 Å². The van der Waals surface area contributed by atoms with Crippen LogP contribution in [0.15, 0.2) is 17.0 Å². The van der Waals surface area contributed by atoms with Crippen LogP contribution in [0.1, 0.15) is 31.4 Å². The minimum atomic E-state index is -3.60. The molecule has 0 bridgehead atoms. The molecule has 0 radical (unpaired) electrons. The Bertz CT molecular complexity index is 626. The number of halogens is 1. The molecular weight excluding hydrogens is 298 g/mol. The first-order valence-electron chi connectivity index (χ1n) is 6.57. The fourth-order valence-corrected chi connectivity index (χ4v) is 4.06. The lowest BCUT2D eigenvalue weighted by molar-refractivity contribution is 0.280. The molecule has 1 aliphatic carbocycles. The number of hydrogen-bond acceptors (Lipinski definition) is 3. The van der Waals surface area contributed by atoms with Gasteiger partial charge in [0, 0.05) is 11.6 Å². The fourth-order valence-electron chi connectivity index (χ4n) is 2.36. The van der Waals surface area contributed by atoms with Gasteiger partial charge in [0.15, 0.2) is 0 Å². The number of hydrogen-bond donors (Lipinski definition) is 2. The van der Waals surface area contributed by atoms with Gasteiger partial charge in [-0.25, -0.2) is 13.1 Å². The van der Waals surface area contributed by atoms with Crippen LogP contribution in [-0.4, -0.2) is 20.1 Å². The summed E-state index contributed by atoms with van der Waals surface area (Å²) in [4.78, 5) is 0.146. The number of sulfonamides is 1. The summed E-state index contributed by atoms with van der Waals surface area (Å²) < 4.78 is 27.4. The number of nitrogens with one attached hydrogen (secondary N) is 1. The van der Waals surface area contributed by atoms with E-state index < -0.39 is 10.0 Å². The van der Waals surface area contributed by atoms with Crippen LogP contribution in [0, 0.1) is 18.3 Å². The van der Waals surface area contributed by atoms with Crippen LogP contribution in [-0.2, 0) is 16.6 Å². The Morgan fingerprint density at radius 2 is 2.05 bits per heavy atom. The fraction of sp³-hybridized carbons (Fsp3) is 0.571. The van der Waals surface area contributed by atoms with Crippen LogP contribution in [0.4, 0.5) is 0 Å². The van der Waals surface area contributed by atoms with Gasteiger partial charge in [-0.15, -0.1) is 0 Å². The van der Waals surface area contributed by atoms with Gasteiger partial charge in [0.25, 0.3) is 0 Å². The third kappa shape index (κ3) is 3.17. The lowest BCUT2D eigenvalue weighted by Crippen LogP contribution is -2.27. The van der Waals surface area contributed by atoms with Crippen molar-refractivity contribution in [2.24, 2.45) is 11.3 Å². The van der Waals surface area contributed by atoms with E-state index in [0.717, 1.165) is 6.42 Å². The van der Waals surface area contributed by atoms with E-state index in [-0.39, 0.29) is 16.9 Å². The van der Waals surface area contributed by atoms with Crippen molar-refractivity contribution in [1.82, 2.24) is 4.72 Å². The van der Waals surface area contributed by atoms with Crippen LogP contribution in [0.3, 0.4) is 0 Å². The van der Waals surface area contributed by atoms with Crippen molar-refractivity contribution in [3.63, 3.8) is 0 Å². The normalized spacial score (nSPS) is 20.9. The van der Waals surface area contributed by atoms with Gasteiger partial charge in [0.1, 0.15) is 0 Å². The third-order valence-electron chi connectivity index (χ3n) is 4.13. The molecule has 4 nitrogen and oxygen atoms in total. The van der Waals surface area contributed by atoms with Gasteiger partial charge in [-0.3, -0.25) is 0 Å². The van der Waals surface area contributed by atoms with Gasteiger partial charge in [-0.2, -0.15) is 0 Å². The summed E-state index contributed by atoms with van der Waals surface area (Å²) in [6, 6.07) is 3.01. The molecule has 0 amide bonds. The van der Waals surface area contributed by atoms with Gasteiger partial charge < -0.3 is 5.11 Å². The molecule has 1 saturated carbocycles. The molecule has 1 aliphatic rings. The Hall–Kier alpha value is -0.620. The van der Waals surface area contributed by atoms with Gasteiger partial charge in [-0.05, 0) is 47.9 Å². The maximum absolute atomic E-state index is 12.4. The standard InChI is InChI=1S/C14H20ClNO3S/c1-9-10(8-17)4-12(15)5-13(9)20(18,19)16-7-11-6-14(11,2)3/h4-5,11,16-17H,6-8H2,1-3H3. The highest BCUT2D eigenvalue weighted by molar-refractivity contribution is 7.89. The zero-order valence-electron chi connectivity index (χ0n) is 11.9. The highest BCUT2D eigenvalue weighted by Gasteiger charge is 2.45. The summed E-state index contributed by atoms with van der Waals surface area (Å²) in [5, 5.41) is 9.57. The quantitative estimate of drug-likeness (QED) is 0.876. The van der Waals surface area contributed by atoms with E-state index in [9.17, 15) is 13.5 Å². The SMILES string of the molecule is Cc1c(CO)cc(Cl)cc1S(=O)(=O)NCC1CC1(C)C. The van der Waals surface area contributed by atoms with Gasteiger partial charge in [0.05, 0.1) is 11.5 Å². The minimum absolute atomic E-state index is 0.146. The van der Waals surface area contributed by atoms with E-state index in [1.807, 2.05) is 0 Å². The Kier molecular flexibility index (Phi) is 4.17. The molecule has 0 heterocycles. The van der Waals surface area contributed by atoms with Crippen molar-refractivity contribution in [3.05, 3.63) is 28.3 Å². The molecule has 6 heteroatoms. The number of aliphatic hydroxyl groups excluding tert-OH is 1. The highest BCUT2D eigenvalue weighted by Crippen LogP contribution is 2.51. The van der Waals surface area contributed by atoms with Crippen LogP contribution < -0.4 is 4.72 Å². The van der Waals surface area contributed by atoms with Crippen molar-refractivity contribution in [2.75, 3.05) is 6.54 Å². The zero-order chi connectivity index (χ0) is 15.1. The smallest absolute Gasteiger partial charge is 0.240 e. The molecule has 0 aliphatic heterocycles. The van der Waals surface area contributed by atoms with E-state index in [1.165, 1.54) is 6.07 Å².